The van der Waals surface area contributed by atoms with Crippen LogP contribution in [0.25, 0.3) is 0 Å². The minimum Gasteiger partial charge on any atom is -0.494 e. The maximum absolute atomic E-state index is 10.9. The van der Waals surface area contributed by atoms with Gasteiger partial charge in [-0.05, 0) is 24.4 Å². The molecule has 6 heteroatoms. The molecule has 1 rings (SSSR count). The van der Waals surface area contributed by atoms with Crippen molar-refractivity contribution in [2.75, 3.05) is 20.8 Å². The Hall–Kier alpha value is -1.91. The summed E-state index contributed by atoms with van der Waals surface area (Å²) < 4.78 is 14.7. The van der Waals surface area contributed by atoms with Crippen LogP contribution in [0, 0.1) is 0 Å². The van der Waals surface area contributed by atoms with Crippen LogP contribution in [0.5, 0.6) is 11.5 Å². The lowest BCUT2D eigenvalue weighted by Crippen LogP contribution is -2.12. The molecule has 0 bridgehead atoms. The highest BCUT2D eigenvalue weighted by molar-refractivity contribution is 7.78. The molecule has 0 heterocycles. The molecular weight excluding hydrogens is 242 g/mol. The minimum atomic E-state index is -0.454. The largest absolute Gasteiger partial charge is 0.494 e. The zero-order valence-corrected chi connectivity index (χ0v) is 10.2. The van der Waals surface area contributed by atoms with E-state index in [1.165, 1.54) is 14.2 Å². The van der Waals surface area contributed by atoms with Crippen molar-refractivity contribution in [3.63, 3.8) is 0 Å². The number of ether oxygens (including phenoxy) is 3. The first-order valence-electron chi connectivity index (χ1n) is 4.66. The Bertz CT molecular complexity index is 455. The molecule has 1 aromatic rings. The van der Waals surface area contributed by atoms with Gasteiger partial charge in [0.25, 0.3) is 0 Å². The van der Waals surface area contributed by atoms with Crippen LogP contribution in [0.3, 0.4) is 0 Å². The first kappa shape index (κ1) is 13.2. The monoisotopic (exact) mass is 253 g/mol. The minimum absolute atomic E-state index is 0.157. The SMILES string of the molecule is COC(=O)COc1ccc(N=C=S)c(OC)c1. The first-order valence-corrected chi connectivity index (χ1v) is 5.07. The van der Waals surface area contributed by atoms with E-state index in [2.05, 4.69) is 27.1 Å². The molecule has 0 aliphatic carbocycles. The van der Waals surface area contributed by atoms with Crippen molar-refractivity contribution < 1.29 is 19.0 Å². The lowest BCUT2D eigenvalue weighted by atomic mass is 10.3. The second kappa shape index (κ2) is 6.62. The maximum Gasteiger partial charge on any atom is 0.343 e. The topological polar surface area (TPSA) is 57.1 Å². The van der Waals surface area contributed by atoms with Crippen molar-refractivity contribution in [1.82, 2.24) is 0 Å². The summed E-state index contributed by atoms with van der Waals surface area (Å²) in [5, 5.41) is 2.25. The van der Waals surface area contributed by atoms with E-state index in [1.807, 2.05) is 0 Å². The molecule has 0 radical (unpaired) electrons. The molecule has 90 valence electrons. The number of carbonyl (C=O) groups is 1. The fraction of sp³-hybridized carbons (Fsp3) is 0.273. The zero-order chi connectivity index (χ0) is 12.7. The van der Waals surface area contributed by atoms with Crippen molar-refractivity contribution in [3.8, 4) is 11.5 Å². The normalized spacial score (nSPS) is 9.06. The van der Waals surface area contributed by atoms with Gasteiger partial charge < -0.3 is 14.2 Å². The predicted octanol–water partition coefficient (Wildman–Crippen LogP) is 1.98. The molecule has 0 aliphatic heterocycles. The van der Waals surface area contributed by atoms with Crippen molar-refractivity contribution in [1.29, 1.82) is 0 Å². The molecule has 5 nitrogen and oxygen atoms in total. The number of thiocarbonyl (C=S) groups is 1. The number of hydrogen-bond acceptors (Lipinski definition) is 6. The van der Waals surface area contributed by atoms with Gasteiger partial charge in [0.1, 0.15) is 17.2 Å². The van der Waals surface area contributed by atoms with Gasteiger partial charge in [-0.1, -0.05) is 0 Å². The first-order chi connectivity index (χ1) is 8.21. The third kappa shape index (κ3) is 3.86. The van der Waals surface area contributed by atoms with Gasteiger partial charge in [0.2, 0.25) is 0 Å². The highest BCUT2D eigenvalue weighted by Gasteiger charge is 2.06. The van der Waals surface area contributed by atoms with E-state index < -0.39 is 5.97 Å². The Morgan fingerprint density at radius 1 is 1.47 bits per heavy atom. The van der Waals surface area contributed by atoms with Crippen LogP contribution in [0.4, 0.5) is 5.69 Å². The molecule has 0 spiro atoms. The van der Waals surface area contributed by atoms with Gasteiger partial charge in [-0.15, -0.1) is 0 Å². The second-order valence-electron chi connectivity index (χ2n) is 2.90. The Kier molecular flexibility index (Phi) is 5.13. The Morgan fingerprint density at radius 3 is 2.82 bits per heavy atom. The van der Waals surface area contributed by atoms with Gasteiger partial charge in [-0.3, -0.25) is 0 Å². The quantitative estimate of drug-likeness (QED) is 0.456. The van der Waals surface area contributed by atoms with Crippen LogP contribution in [0.15, 0.2) is 23.2 Å². The summed E-state index contributed by atoms with van der Waals surface area (Å²) in [5.41, 5.74) is 0.549. The summed E-state index contributed by atoms with van der Waals surface area (Å²) in [6, 6.07) is 4.91. The summed E-state index contributed by atoms with van der Waals surface area (Å²) in [5.74, 6) is 0.519. The van der Waals surface area contributed by atoms with Crippen molar-refractivity contribution in [3.05, 3.63) is 18.2 Å². The van der Waals surface area contributed by atoms with Gasteiger partial charge in [0.15, 0.2) is 6.61 Å². The van der Waals surface area contributed by atoms with E-state index in [0.29, 0.717) is 17.2 Å². The number of rotatable bonds is 5. The molecule has 0 unspecified atom stereocenters. The molecule has 0 atom stereocenters. The molecular formula is C11H11NO4S. The number of benzene rings is 1. The molecule has 0 N–H and O–H groups in total. The van der Waals surface area contributed by atoms with E-state index in [-0.39, 0.29) is 6.61 Å². The number of nitrogens with zero attached hydrogens (tertiary/aromatic N) is 1. The number of isothiocyanates is 1. The lowest BCUT2D eigenvalue weighted by molar-refractivity contribution is -0.142. The summed E-state index contributed by atoms with van der Waals surface area (Å²) in [6.07, 6.45) is 0. The average Bonchev–Trinajstić information content (AvgIpc) is 2.37. The number of methoxy groups -OCH3 is 2. The Morgan fingerprint density at radius 2 is 2.24 bits per heavy atom. The van der Waals surface area contributed by atoms with Crippen molar-refractivity contribution in [2.24, 2.45) is 4.99 Å². The van der Waals surface area contributed by atoms with E-state index >= 15 is 0 Å². The standard InChI is InChI=1S/C11H11NO4S/c1-14-10-5-8(16-6-11(13)15-2)3-4-9(10)12-7-17/h3-5H,6H2,1-2H3. The smallest absolute Gasteiger partial charge is 0.343 e. The summed E-state index contributed by atoms with van der Waals surface area (Å²) in [4.78, 5) is 14.7. The third-order valence-corrected chi connectivity index (χ3v) is 1.99. The van der Waals surface area contributed by atoms with Gasteiger partial charge in [0.05, 0.1) is 19.4 Å². The lowest BCUT2D eigenvalue weighted by Gasteiger charge is -2.08. The second-order valence-corrected chi connectivity index (χ2v) is 3.08. The highest BCUT2D eigenvalue weighted by Crippen LogP contribution is 2.31. The molecule has 17 heavy (non-hydrogen) atoms. The van der Waals surface area contributed by atoms with Crippen LogP contribution in [-0.4, -0.2) is 32.0 Å². The molecule has 0 saturated carbocycles. The molecule has 1 aromatic carbocycles. The highest BCUT2D eigenvalue weighted by atomic mass is 32.1. The molecule has 0 aromatic heterocycles. The number of carbonyl (C=O) groups excluding carboxylic acids is 1. The van der Waals surface area contributed by atoms with E-state index in [0.717, 1.165) is 0 Å². The summed E-state index contributed by atoms with van der Waals surface area (Å²) in [7, 11) is 2.80. The molecule has 0 fully saturated rings. The van der Waals surface area contributed by atoms with E-state index in [4.69, 9.17) is 9.47 Å². The van der Waals surface area contributed by atoms with Gasteiger partial charge >= 0.3 is 5.97 Å². The fourth-order valence-electron chi connectivity index (χ4n) is 1.09. The Balaban J connectivity index is 2.82. The van der Waals surface area contributed by atoms with Crippen molar-refractivity contribution >= 4 is 29.0 Å². The Labute approximate surface area is 104 Å². The predicted molar refractivity (Wildman–Crippen MR) is 65.2 cm³/mol. The van der Waals surface area contributed by atoms with Crippen LogP contribution >= 0.6 is 12.2 Å². The van der Waals surface area contributed by atoms with E-state index in [9.17, 15) is 4.79 Å². The van der Waals surface area contributed by atoms with Gasteiger partial charge in [-0.25, -0.2) is 4.79 Å². The number of aliphatic imine (C=N–C) groups is 1. The number of hydrogen-bond donors (Lipinski definition) is 0. The molecule has 0 saturated heterocycles. The maximum atomic E-state index is 10.9. The third-order valence-electron chi connectivity index (χ3n) is 1.90. The van der Waals surface area contributed by atoms with Crippen molar-refractivity contribution in [2.45, 2.75) is 0 Å². The van der Waals surface area contributed by atoms with Crippen LogP contribution in [-0.2, 0) is 9.53 Å². The summed E-state index contributed by atoms with van der Waals surface area (Å²) in [6.45, 7) is -0.157. The molecule has 0 aliphatic rings. The average molecular weight is 253 g/mol. The van der Waals surface area contributed by atoms with E-state index in [1.54, 1.807) is 18.2 Å². The number of esters is 1. The summed E-state index contributed by atoms with van der Waals surface area (Å²) >= 11 is 4.51. The fourth-order valence-corrected chi connectivity index (χ4v) is 1.19. The van der Waals surface area contributed by atoms with Gasteiger partial charge in [0, 0.05) is 6.07 Å². The van der Waals surface area contributed by atoms with Gasteiger partial charge in [-0.2, -0.15) is 4.99 Å². The van der Waals surface area contributed by atoms with Crippen LogP contribution < -0.4 is 9.47 Å². The molecule has 0 amide bonds. The van der Waals surface area contributed by atoms with Crippen LogP contribution in [0.2, 0.25) is 0 Å². The zero-order valence-electron chi connectivity index (χ0n) is 9.43. The van der Waals surface area contributed by atoms with Crippen LogP contribution in [0.1, 0.15) is 0 Å².